The lowest BCUT2D eigenvalue weighted by Crippen LogP contribution is -2.35. The monoisotopic (exact) mass is 350 g/mol. The molecule has 1 aromatic heterocycles. The minimum Gasteiger partial charge on any atom is -0.356 e. The van der Waals surface area contributed by atoms with Crippen molar-refractivity contribution in [3.8, 4) is 0 Å². The molecule has 0 radical (unpaired) electrons. The van der Waals surface area contributed by atoms with Crippen LogP contribution in [0, 0.1) is 12.8 Å². The summed E-state index contributed by atoms with van der Waals surface area (Å²) in [4.78, 5) is 11.4. The second-order valence-corrected chi connectivity index (χ2v) is 6.86. The number of benzene rings is 1. The van der Waals surface area contributed by atoms with Crippen LogP contribution in [0.2, 0.25) is 10.0 Å². The quantitative estimate of drug-likeness (QED) is 0.838. The Kier molecular flexibility index (Phi) is 4.93. The van der Waals surface area contributed by atoms with Gasteiger partial charge in [0.2, 0.25) is 0 Å². The fourth-order valence-corrected chi connectivity index (χ4v) is 3.26. The van der Waals surface area contributed by atoms with Crippen molar-refractivity contribution in [1.29, 1.82) is 0 Å². The van der Waals surface area contributed by atoms with Crippen molar-refractivity contribution in [3.05, 3.63) is 40.1 Å². The molecule has 4 nitrogen and oxygen atoms in total. The van der Waals surface area contributed by atoms with Gasteiger partial charge in [0, 0.05) is 19.2 Å². The van der Waals surface area contributed by atoms with Crippen molar-refractivity contribution in [2.75, 3.05) is 23.3 Å². The van der Waals surface area contributed by atoms with Crippen molar-refractivity contribution in [1.82, 2.24) is 9.97 Å². The van der Waals surface area contributed by atoms with E-state index in [-0.39, 0.29) is 0 Å². The van der Waals surface area contributed by atoms with Crippen LogP contribution >= 0.6 is 23.2 Å². The molecule has 3 rings (SSSR count). The van der Waals surface area contributed by atoms with Gasteiger partial charge < -0.3 is 10.2 Å². The van der Waals surface area contributed by atoms with E-state index in [9.17, 15) is 0 Å². The van der Waals surface area contributed by atoms with Gasteiger partial charge in [-0.25, -0.2) is 9.97 Å². The number of aromatic nitrogens is 2. The van der Waals surface area contributed by atoms with E-state index in [4.69, 9.17) is 23.2 Å². The molecule has 0 amide bonds. The van der Waals surface area contributed by atoms with Crippen LogP contribution in [0.4, 0.5) is 17.3 Å². The van der Waals surface area contributed by atoms with Gasteiger partial charge in [-0.3, -0.25) is 0 Å². The predicted molar refractivity (Wildman–Crippen MR) is 97.1 cm³/mol. The molecular formula is C17H20Cl2N4. The third kappa shape index (κ3) is 3.88. The van der Waals surface area contributed by atoms with Crippen LogP contribution in [0.3, 0.4) is 0 Å². The van der Waals surface area contributed by atoms with Crippen molar-refractivity contribution >= 4 is 40.5 Å². The van der Waals surface area contributed by atoms with E-state index in [0.717, 1.165) is 36.2 Å². The summed E-state index contributed by atoms with van der Waals surface area (Å²) in [7, 11) is 0. The fourth-order valence-electron chi connectivity index (χ4n) is 2.91. The van der Waals surface area contributed by atoms with Crippen LogP contribution in [0.5, 0.6) is 0 Å². The first-order valence-corrected chi connectivity index (χ1v) is 8.60. The van der Waals surface area contributed by atoms with Gasteiger partial charge in [0.1, 0.15) is 17.5 Å². The summed E-state index contributed by atoms with van der Waals surface area (Å²) in [5.74, 6) is 3.12. The molecule has 1 aliphatic heterocycles. The Hall–Kier alpha value is -1.52. The molecule has 2 aromatic rings. The van der Waals surface area contributed by atoms with Gasteiger partial charge in [-0.2, -0.15) is 0 Å². The number of halogens is 2. The minimum atomic E-state index is 0.499. The largest absolute Gasteiger partial charge is 0.356 e. The third-order valence-electron chi connectivity index (χ3n) is 4.02. The zero-order chi connectivity index (χ0) is 16.4. The van der Waals surface area contributed by atoms with Crippen molar-refractivity contribution in [2.24, 2.45) is 5.92 Å². The topological polar surface area (TPSA) is 41.1 Å². The molecule has 1 atom stereocenters. The molecule has 122 valence electrons. The number of aryl methyl sites for hydroxylation is 1. The molecular weight excluding hydrogens is 331 g/mol. The first kappa shape index (κ1) is 16.3. The maximum absolute atomic E-state index is 6.24. The summed E-state index contributed by atoms with van der Waals surface area (Å²) in [6.45, 7) is 6.26. The molecule has 1 N–H and O–H groups in total. The molecule has 6 heteroatoms. The van der Waals surface area contributed by atoms with E-state index >= 15 is 0 Å². The number of hydrogen-bond donors (Lipinski definition) is 1. The van der Waals surface area contributed by atoms with Crippen LogP contribution < -0.4 is 10.2 Å². The van der Waals surface area contributed by atoms with E-state index in [1.54, 1.807) is 6.07 Å². The standard InChI is InChI=1S/C17H20Cl2N4/c1-11-5-4-8-23(10-11)16-9-15(20-12(2)21-16)22-14-7-3-6-13(18)17(14)19/h3,6-7,9,11H,4-5,8,10H2,1-2H3,(H,20,21,22). The van der Waals surface area contributed by atoms with Gasteiger partial charge >= 0.3 is 0 Å². The van der Waals surface area contributed by atoms with Crippen molar-refractivity contribution in [2.45, 2.75) is 26.7 Å². The second kappa shape index (κ2) is 6.93. The molecule has 0 bridgehead atoms. The average molecular weight is 351 g/mol. The Balaban J connectivity index is 1.87. The molecule has 23 heavy (non-hydrogen) atoms. The van der Waals surface area contributed by atoms with Gasteiger partial charge in [-0.15, -0.1) is 0 Å². The predicted octanol–water partition coefficient (Wildman–Crippen LogP) is 5.07. The van der Waals surface area contributed by atoms with Gasteiger partial charge in [0.15, 0.2) is 0 Å². The summed E-state index contributed by atoms with van der Waals surface area (Å²) in [6, 6.07) is 7.48. The minimum absolute atomic E-state index is 0.499. The lowest BCUT2D eigenvalue weighted by Gasteiger charge is -2.32. The van der Waals surface area contributed by atoms with Gasteiger partial charge in [-0.1, -0.05) is 36.2 Å². The third-order valence-corrected chi connectivity index (χ3v) is 4.84. The Morgan fingerprint density at radius 1 is 1.26 bits per heavy atom. The zero-order valence-corrected chi connectivity index (χ0v) is 14.8. The zero-order valence-electron chi connectivity index (χ0n) is 13.3. The number of piperidine rings is 1. The molecule has 1 aromatic carbocycles. The summed E-state index contributed by atoms with van der Waals surface area (Å²) < 4.78 is 0. The molecule has 0 spiro atoms. The highest BCUT2D eigenvalue weighted by Crippen LogP contribution is 2.32. The normalized spacial score (nSPS) is 18.1. The maximum Gasteiger partial charge on any atom is 0.136 e. The number of hydrogen-bond acceptors (Lipinski definition) is 4. The van der Waals surface area contributed by atoms with Crippen LogP contribution in [-0.2, 0) is 0 Å². The molecule has 1 aliphatic rings. The van der Waals surface area contributed by atoms with E-state index in [0.29, 0.717) is 16.0 Å². The van der Waals surface area contributed by atoms with Crippen LogP contribution in [0.1, 0.15) is 25.6 Å². The Labute approximate surface area is 146 Å². The molecule has 1 unspecified atom stereocenters. The first-order chi connectivity index (χ1) is 11.0. The summed E-state index contributed by atoms with van der Waals surface area (Å²) >= 11 is 12.3. The molecule has 0 aliphatic carbocycles. The highest BCUT2D eigenvalue weighted by molar-refractivity contribution is 6.43. The maximum atomic E-state index is 6.24. The van der Waals surface area contributed by atoms with Crippen LogP contribution in [0.15, 0.2) is 24.3 Å². The molecule has 1 saturated heterocycles. The van der Waals surface area contributed by atoms with E-state index in [2.05, 4.69) is 27.1 Å². The Bertz CT molecular complexity index is 705. The smallest absolute Gasteiger partial charge is 0.136 e. The van der Waals surface area contributed by atoms with E-state index in [1.807, 2.05) is 25.1 Å². The number of rotatable bonds is 3. The van der Waals surface area contributed by atoms with Crippen LogP contribution in [0.25, 0.3) is 0 Å². The van der Waals surface area contributed by atoms with Gasteiger partial charge in [0.25, 0.3) is 0 Å². The lowest BCUT2D eigenvalue weighted by molar-refractivity contribution is 0.444. The molecule has 0 saturated carbocycles. The van der Waals surface area contributed by atoms with Crippen molar-refractivity contribution < 1.29 is 0 Å². The number of nitrogens with zero attached hydrogens (tertiary/aromatic N) is 3. The summed E-state index contributed by atoms with van der Waals surface area (Å²) in [5.41, 5.74) is 0.746. The summed E-state index contributed by atoms with van der Waals surface area (Å²) in [5, 5.41) is 4.27. The second-order valence-electron chi connectivity index (χ2n) is 6.08. The van der Waals surface area contributed by atoms with Gasteiger partial charge in [0.05, 0.1) is 15.7 Å². The Morgan fingerprint density at radius 2 is 2.09 bits per heavy atom. The SMILES string of the molecule is Cc1nc(Nc2cccc(Cl)c2Cl)cc(N2CCCC(C)C2)n1. The highest BCUT2D eigenvalue weighted by atomic mass is 35.5. The number of anilines is 3. The van der Waals surface area contributed by atoms with E-state index < -0.39 is 0 Å². The average Bonchev–Trinajstić information content (AvgIpc) is 2.51. The van der Waals surface area contributed by atoms with Crippen LogP contribution in [-0.4, -0.2) is 23.1 Å². The first-order valence-electron chi connectivity index (χ1n) is 7.84. The highest BCUT2D eigenvalue weighted by Gasteiger charge is 2.18. The lowest BCUT2D eigenvalue weighted by atomic mass is 10.0. The fraction of sp³-hybridized carbons (Fsp3) is 0.412. The molecule has 2 heterocycles. The van der Waals surface area contributed by atoms with Crippen molar-refractivity contribution in [3.63, 3.8) is 0 Å². The Morgan fingerprint density at radius 3 is 2.87 bits per heavy atom. The summed E-state index contributed by atoms with van der Waals surface area (Å²) in [6.07, 6.45) is 2.48. The molecule has 1 fully saturated rings. The van der Waals surface area contributed by atoms with Gasteiger partial charge in [-0.05, 0) is 37.8 Å². The van der Waals surface area contributed by atoms with E-state index in [1.165, 1.54) is 12.8 Å². The number of nitrogens with one attached hydrogen (secondary N) is 1.